The van der Waals surface area contributed by atoms with Crippen LogP contribution < -0.4 is 5.73 Å². The number of carbonyl (C=O) groups excluding carboxylic acids is 1. The fraction of sp³-hybridized carbons (Fsp3) is 0.500. The molecular weight excluding hydrogens is 214 g/mol. The van der Waals surface area contributed by atoms with Gasteiger partial charge in [0, 0.05) is 5.69 Å². The van der Waals surface area contributed by atoms with Gasteiger partial charge in [-0.3, -0.25) is 4.79 Å². The lowest BCUT2D eigenvalue weighted by Crippen LogP contribution is -2.17. The number of benzene rings is 1. The summed E-state index contributed by atoms with van der Waals surface area (Å²) in [4.78, 5) is 11.9. The lowest BCUT2D eigenvalue weighted by Gasteiger charge is -2.18. The number of ether oxygens (including phenoxy) is 1. The van der Waals surface area contributed by atoms with Crippen molar-refractivity contribution >= 4 is 11.7 Å². The molecule has 0 bridgehead atoms. The molecule has 3 heteroatoms. The second-order valence-electron chi connectivity index (χ2n) is 4.30. The average molecular weight is 235 g/mol. The summed E-state index contributed by atoms with van der Waals surface area (Å²) in [6.07, 6.45) is 0.700. The van der Waals surface area contributed by atoms with Crippen molar-refractivity contribution in [3.8, 4) is 0 Å². The predicted molar refractivity (Wildman–Crippen MR) is 70.0 cm³/mol. The lowest BCUT2D eigenvalue weighted by molar-refractivity contribution is -0.145. The van der Waals surface area contributed by atoms with E-state index in [4.69, 9.17) is 10.5 Å². The van der Waals surface area contributed by atoms with Crippen LogP contribution in [-0.4, -0.2) is 12.6 Å². The molecule has 3 nitrogen and oxygen atoms in total. The van der Waals surface area contributed by atoms with Gasteiger partial charge < -0.3 is 10.5 Å². The van der Waals surface area contributed by atoms with Gasteiger partial charge in [-0.05, 0) is 38.3 Å². The Morgan fingerprint density at radius 2 is 2.00 bits per heavy atom. The normalized spacial score (nSPS) is 12.2. The van der Waals surface area contributed by atoms with Gasteiger partial charge in [0.2, 0.25) is 0 Å². The second-order valence-corrected chi connectivity index (χ2v) is 4.30. The molecule has 1 aromatic carbocycles. The number of anilines is 1. The van der Waals surface area contributed by atoms with Crippen LogP contribution in [0.1, 0.15) is 42.9 Å². The number of hydrogen-bond donors (Lipinski definition) is 1. The van der Waals surface area contributed by atoms with Gasteiger partial charge in [-0.2, -0.15) is 0 Å². The standard InChI is InChI=1S/C14H21NO2/c1-5-11(14(16)17-6-2)12-8-9(3)7-10(4)13(12)15/h7-8,11H,5-6,15H2,1-4H3. The molecule has 0 saturated carbocycles. The molecule has 1 atom stereocenters. The largest absolute Gasteiger partial charge is 0.466 e. The molecule has 0 saturated heterocycles. The van der Waals surface area contributed by atoms with Crippen molar-refractivity contribution in [3.05, 3.63) is 28.8 Å². The molecule has 0 amide bonds. The zero-order chi connectivity index (χ0) is 13.0. The number of nitrogen functional groups attached to an aromatic ring is 1. The highest BCUT2D eigenvalue weighted by atomic mass is 16.5. The summed E-state index contributed by atoms with van der Waals surface area (Å²) in [5, 5.41) is 0. The van der Waals surface area contributed by atoms with Crippen LogP contribution in [0, 0.1) is 13.8 Å². The lowest BCUT2D eigenvalue weighted by atomic mass is 9.91. The van der Waals surface area contributed by atoms with Crippen molar-refractivity contribution in [1.29, 1.82) is 0 Å². The molecule has 0 heterocycles. The number of esters is 1. The van der Waals surface area contributed by atoms with Crippen LogP contribution in [0.2, 0.25) is 0 Å². The summed E-state index contributed by atoms with van der Waals surface area (Å²) < 4.78 is 5.09. The zero-order valence-corrected chi connectivity index (χ0v) is 11.0. The summed E-state index contributed by atoms with van der Waals surface area (Å²) in [5.74, 6) is -0.444. The highest BCUT2D eigenvalue weighted by Crippen LogP contribution is 2.30. The Balaban J connectivity index is 3.15. The minimum Gasteiger partial charge on any atom is -0.466 e. The minimum absolute atomic E-state index is 0.188. The fourth-order valence-electron chi connectivity index (χ4n) is 2.06. The Morgan fingerprint density at radius 3 is 2.53 bits per heavy atom. The van der Waals surface area contributed by atoms with Crippen LogP contribution in [0.4, 0.5) is 5.69 Å². The van der Waals surface area contributed by atoms with Crippen molar-refractivity contribution in [2.75, 3.05) is 12.3 Å². The third kappa shape index (κ3) is 2.99. The predicted octanol–water partition coefficient (Wildman–Crippen LogP) is 2.94. The van der Waals surface area contributed by atoms with Crippen LogP contribution in [-0.2, 0) is 9.53 Å². The van der Waals surface area contributed by atoms with E-state index in [1.807, 2.05) is 39.8 Å². The molecule has 0 spiro atoms. The Bertz CT molecular complexity index is 413. The van der Waals surface area contributed by atoms with Crippen LogP contribution >= 0.6 is 0 Å². The van der Waals surface area contributed by atoms with Crippen molar-refractivity contribution in [2.45, 2.75) is 40.0 Å². The SMILES string of the molecule is CCOC(=O)C(CC)c1cc(C)cc(C)c1N. The van der Waals surface area contributed by atoms with Gasteiger partial charge in [0.05, 0.1) is 12.5 Å². The first-order valence-corrected chi connectivity index (χ1v) is 6.04. The molecule has 0 fully saturated rings. The van der Waals surface area contributed by atoms with Crippen molar-refractivity contribution in [3.63, 3.8) is 0 Å². The number of aryl methyl sites for hydroxylation is 2. The highest BCUT2D eigenvalue weighted by molar-refractivity contribution is 5.81. The third-order valence-electron chi connectivity index (χ3n) is 2.92. The van der Waals surface area contributed by atoms with E-state index in [2.05, 4.69) is 0 Å². The Labute approximate surface area is 103 Å². The zero-order valence-electron chi connectivity index (χ0n) is 11.0. The van der Waals surface area contributed by atoms with E-state index in [0.29, 0.717) is 18.7 Å². The molecule has 0 aromatic heterocycles. The highest BCUT2D eigenvalue weighted by Gasteiger charge is 2.22. The van der Waals surface area contributed by atoms with Gasteiger partial charge >= 0.3 is 5.97 Å². The summed E-state index contributed by atoms with van der Waals surface area (Å²) in [5.41, 5.74) is 9.79. The Kier molecular flexibility index (Phi) is 4.55. The molecule has 1 rings (SSSR count). The van der Waals surface area contributed by atoms with E-state index in [0.717, 1.165) is 16.7 Å². The first-order valence-electron chi connectivity index (χ1n) is 6.04. The maximum absolute atomic E-state index is 11.9. The van der Waals surface area contributed by atoms with E-state index < -0.39 is 0 Å². The monoisotopic (exact) mass is 235 g/mol. The van der Waals surface area contributed by atoms with Gasteiger partial charge in [0.1, 0.15) is 0 Å². The topological polar surface area (TPSA) is 52.3 Å². The van der Waals surface area contributed by atoms with E-state index in [-0.39, 0.29) is 11.9 Å². The number of carbonyl (C=O) groups is 1. The van der Waals surface area contributed by atoms with E-state index in [1.165, 1.54) is 0 Å². The summed E-state index contributed by atoms with van der Waals surface area (Å²) >= 11 is 0. The van der Waals surface area contributed by atoms with E-state index >= 15 is 0 Å². The molecule has 94 valence electrons. The van der Waals surface area contributed by atoms with Crippen LogP contribution in [0.3, 0.4) is 0 Å². The van der Waals surface area contributed by atoms with Gasteiger partial charge in [-0.1, -0.05) is 24.6 Å². The molecular formula is C14H21NO2. The maximum Gasteiger partial charge on any atom is 0.313 e. The third-order valence-corrected chi connectivity index (χ3v) is 2.92. The molecule has 1 aromatic rings. The number of nitrogens with two attached hydrogens (primary N) is 1. The van der Waals surface area contributed by atoms with Gasteiger partial charge in [-0.25, -0.2) is 0 Å². The second kappa shape index (κ2) is 5.71. The van der Waals surface area contributed by atoms with Crippen LogP contribution in [0.25, 0.3) is 0 Å². The molecule has 17 heavy (non-hydrogen) atoms. The molecule has 2 N–H and O–H groups in total. The fourth-order valence-corrected chi connectivity index (χ4v) is 2.06. The van der Waals surface area contributed by atoms with E-state index in [9.17, 15) is 4.79 Å². The number of rotatable bonds is 4. The van der Waals surface area contributed by atoms with Gasteiger partial charge in [0.15, 0.2) is 0 Å². The number of hydrogen-bond acceptors (Lipinski definition) is 3. The molecule has 0 aliphatic rings. The quantitative estimate of drug-likeness (QED) is 0.645. The summed E-state index contributed by atoms with van der Waals surface area (Å²) in [7, 11) is 0. The summed E-state index contributed by atoms with van der Waals surface area (Å²) in [6.45, 7) is 8.16. The minimum atomic E-state index is -0.256. The Morgan fingerprint density at radius 1 is 1.35 bits per heavy atom. The van der Waals surface area contributed by atoms with Crippen molar-refractivity contribution in [2.24, 2.45) is 0 Å². The first kappa shape index (κ1) is 13.6. The van der Waals surface area contributed by atoms with Crippen molar-refractivity contribution < 1.29 is 9.53 Å². The van der Waals surface area contributed by atoms with Crippen LogP contribution in [0.5, 0.6) is 0 Å². The van der Waals surface area contributed by atoms with Gasteiger partial charge in [0.25, 0.3) is 0 Å². The molecule has 0 radical (unpaired) electrons. The summed E-state index contributed by atoms with van der Waals surface area (Å²) in [6, 6.07) is 4.00. The average Bonchev–Trinajstić information content (AvgIpc) is 2.26. The maximum atomic E-state index is 11.9. The van der Waals surface area contributed by atoms with E-state index in [1.54, 1.807) is 0 Å². The van der Waals surface area contributed by atoms with Crippen molar-refractivity contribution in [1.82, 2.24) is 0 Å². The Hall–Kier alpha value is -1.51. The molecule has 0 aliphatic heterocycles. The first-order chi connectivity index (χ1) is 8.01. The molecule has 1 unspecified atom stereocenters. The molecule has 0 aliphatic carbocycles. The smallest absolute Gasteiger partial charge is 0.313 e. The van der Waals surface area contributed by atoms with Gasteiger partial charge in [-0.15, -0.1) is 0 Å². The van der Waals surface area contributed by atoms with Crippen LogP contribution in [0.15, 0.2) is 12.1 Å².